The van der Waals surface area contributed by atoms with Crippen LogP contribution in [0.4, 0.5) is 0 Å². The van der Waals surface area contributed by atoms with E-state index in [0.717, 1.165) is 128 Å². The molecule has 0 amide bonds. The molecule has 0 fully saturated rings. The summed E-state index contributed by atoms with van der Waals surface area (Å²) in [6.45, 7) is 6.20. The predicted octanol–water partition coefficient (Wildman–Crippen LogP) is 23.2. The Balaban J connectivity index is 4.40. The van der Waals surface area contributed by atoms with Crippen molar-refractivity contribution >= 4 is 17.9 Å². The van der Waals surface area contributed by atoms with Crippen molar-refractivity contribution < 1.29 is 28.6 Å². The summed E-state index contributed by atoms with van der Waals surface area (Å²) >= 11 is 0. The molecule has 6 heteroatoms. The van der Waals surface area contributed by atoms with Gasteiger partial charge in [0.05, 0.1) is 0 Å². The number of allylic oxidation sites excluding steroid dienone is 30. The first-order valence-electron chi connectivity index (χ1n) is 33.3. The molecule has 0 aromatic carbocycles. The molecule has 0 aliphatic rings. The van der Waals surface area contributed by atoms with Gasteiger partial charge in [-0.3, -0.25) is 14.4 Å². The summed E-state index contributed by atoms with van der Waals surface area (Å²) in [5.41, 5.74) is 0. The molecule has 0 bridgehead atoms. The van der Waals surface area contributed by atoms with Crippen LogP contribution in [0.15, 0.2) is 182 Å². The monoisotopic (exact) mass is 1140 g/mol. The first-order valence-corrected chi connectivity index (χ1v) is 33.3. The van der Waals surface area contributed by atoms with Gasteiger partial charge in [-0.05, 0) is 141 Å². The second-order valence-corrected chi connectivity index (χ2v) is 21.2. The van der Waals surface area contributed by atoms with Crippen LogP contribution in [0, 0.1) is 0 Å². The summed E-state index contributed by atoms with van der Waals surface area (Å²) < 4.78 is 16.8. The second-order valence-electron chi connectivity index (χ2n) is 21.2. The number of carbonyl (C=O) groups is 3. The third-order valence-corrected chi connectivity index (χ3v) is 13.4. The Morgan fingerprint density at radius 2 is 0.458 bits per heavy atom. The summed E-state index contributed by atoms with van der Waals surface area (Å²) in [5.74, 6) is -1.06. The van der Waals surface area contributed by atoms with E-state index in [2.05, 4.69) is 191 Å². The van der Waals surface area contributed by atoms with Gasteiger partial charge in [-0.25, -0.2) is 0 Å². The van der Waals surface area contributed by atoms with E-state index in [9.17, 15) is 14.4 Å². The molecule has 0 aromatic heterocycles. The van der Waals surface area contributed by atoms with Gasteiger partial charge in [-0.1, -0.05) is 287 Å². The van der Waals surface area contributed by atoms with E-state index < -0.39 is 12.1 Å². The molecule has 0 rings (SSSR count). The van der Waals surface area contributed by atoms with Crippen molar-refractivity contribution in [1.82, 2.24) is 0 Å². The molecule has 0 aliphatic heterocycles. The second kappa shape index (κ2) is 69.0. The van der Waals surface area contributed by atoms with Gasteiger partial charge in [0.2, 0.25) is 0 Å². The average molecular weight is 1140 g/mol. The van der Waals surface area contributed by atoms with E-state index in [0.29, 0.717) is 19.3 Å². The minimum Gasteiger partial charge on any atom is -0.462 e. The lowest BCUT2D eigenvalue weighted by atomic mass is 10.0. The first kappa shape index (κ1) is 77.5. The summed E-state index contributed by atoms with van der Waals surface area (Å²) in [7, 11) is 0. The molecule has 0 radical (unpaired) electrons. The van der Waals surface area contributed by atoms with E-state index in [1.54, 1.807) is 0 Å². The predicted molar refractivity (Wildman–Crippen MR) is 361 cm³/mol. The molecule has 0 saturated carbocycles. The first-order chi connectivity index (χ1) is 41.0. The van der Waals surface area contributed by atoms with Crippen LogP contribution in [0.2, 0.25) is 0 Å². The number of hydrogen-bond acceptors (Lipinski definition) is 6. The van der Waals surface area contributed by atoms with Crippen LogP contribution < -0.4 is 0 Å². The molecule has 0 aromatic rings. The Labute approximate surface area is 510 Å². The molecule has 83 heavy (non-hydrogen) atoms. The highest BCUT2D eigenvalue weighted by Gasteiger charge is 2.19. The highest BCUT2D eigenvalue weighted by atomic mass is 16.6. The topological polar surface area (TPSA) is 78.9 Å². The van der Waals surface area contributed by atoms with Crippen molar-refractivity contribution in [3.63, 3.8) is 0 Å². The molecule has 0 heterocycles. The maximum absolute atomic E-state index is 12.9. The summed E-state index contributed by atoms with van der Waals surface area (Å²) in [5, 5.41) is 0. The number of hydrogen-bond donors (Lipinski definition) is 0. The van der Waals surface area contributed by atoms with Crippen molar-refractivity contribution in [2.75, 3.05) is 13.2 Å². The molecule has 0 N–H and O–H groups in total. The Bertz CT molecular complexity index is 1940. The fourth-order valence-electron chi connectivity index (χ4n) is 8.55. The van der Waals surface area contributed by atoms with E-state index >= 15 is 0 Å². The van der Waals surface area contributed by atoms with Gasteiger partial charge >= 0.3 is 17.9 Å². The smallest absolute Gasteiger partial charge is 0.306 e. The maximum atomic E-state index is 12.9. The van der Waals surface area contributed by atoms with Crippen LogP contribution in [0.5, 0.6) is 0 Å². The van der Waals surface area contributed by atoms with Crippen molar-refractivity contribution in [2.24, 2.45) is 0 Å². The van der Waals surface area contributed by atoms with Crippen LogP contribution in [0.25, 0.3) is 0 Å². The lowest BCUT2D eigenvalue weighted by Crippen LogP contribution is -2.30. The highest BCUT2D eigenvalue weighted by Crippen LogP contribution is 2.15. The van der Waals surface area contributed by atoms with Gasteiger partial charge in [-0.15, -0.1) is 0 Å². The molecular weight excluding hydrogens is 1020 g/mol. The fourth-order valence-corrected chi connectivity index (χ4v) is 8.55. The normalized spacial score (nSPS) is 13.3. The minimum absolute atomic E-state index is 0.129. The quantitative estimate of drug-likeness (QED) is 0.0261. The molecule has 1 unspecified atom stereocenters. The van der Waals surface area contributed by atoms with Gasteiger partial charge in [-0.2, -0.15) is 0 Å². The molecule has 0 saturated heterocycles. The van der Waals surface area contributed by atoms with Gasteiger partial charge < -0.3 is 14.2 Å². The molecule has 0 spiro atoms. The van der Waals surface area contributed by atoms with Crippen LogP contribution in [0.3, 0.4) is 0 Å². The Morgan fingerprint density at radius 3 is 0.747 bits per heavy atom. The van der Waals surface area contributed by atoms with Crippen molar-refractivity contribution in [2.45, 2.75) is 271 Å². The number of esters is 3. The van der Waals surface area contributed by atoms with Crippen molar-refractivity contribution in [1.29, 1.82) is 0 Å². The number of carbonyl (C=O) groups excluding carboxylic acids is 3. The van der Waals surface area contributed by atoms with Crippen LogP contribution in [0.1, 0.15) is 265 Å². The van der Waals surface area contributed by atoms with E-state index in [-0.39, 0.29) is 38.0 Å². The summed E-state index contributed by atoms with van der Waals surface area (Å²) in [4.78, 5) is 38.3. The van der Waals surface area contributed by atoms with Gasteiger partial charge in [0, 0.05) is 19.3 Å². The zero-order chi connectivity index (χ0) is 59.9. The Kier molecular flexibility index (Phi) is 64.4. The van der Waals surface area contributed by atoms with Crippen LogP contribution in [-0.2, 0) is 28.6 Å². The SMILES string of the molecule is CC/C=C\C/C=C\C/C=C\C/C=C\C/C=C\C/C=C\CCC(=O)OC(COC(=O)CCCC/C=C\C/C=C\C/C=C\C/C=C\CC)COC(=O)CCCCCCCCCCCCCCCCC/C=C\C/C=C\C/C=C\C/C=C\C/C=C\CC. The number of ether oxygens (including phenoxy) is 3. The minimum atomic E-state index is -0.846. The number of unbranched alkanes of at least 4 members (excludes halogenated alkanes) is 17. The van der Waals surface area contributed by atoms with Gasteiger partial charge in [0.25, 0.3) is 0 Å². The van der Waals surface area contributed by atoms with Gasteiger partial charge in [0.15, 0.2) is 6.10 Å². The van der Waals surface area contributed by atoms with Crippen LogP contribution >= 0.6 is 0 Å². The molecule has 0 aliphatic carbocycles. The summed E-state index contributed by atoms with van der Waals surface area (Å²) in [6.07, 6.45) is 104. The lowest BCUT2D eigenvalue weighted by Gasteiger charge is -2.18. The third-order valence-electron chi connectivity index (χ3n) is 13.4. The standard InChI is InChI=1S/C77H120O6/c1-4-7-10-13-16-19-22-25-28-30-32-33-34-35-36-37-38-39-40-41-42-43-45-46-49-52-55-58-61-64-67-70-76(79)82-73-74(72-81-75(78)69-66-63-60-57-54-51-48-27-24-21-18-15-12-9-6-3)83-77(80)71-68-65-62-59-56-53-50-47-44-31-29-26-23-20-17-14-11-8-5-2/h7-12,16-21,25-29,32-33,35-36,44,47-48,53-54,56-57,62,65,74H,4-6,13-15,22-24,30-31,34,37-43,45-46,49-52,55,58-61,63-64,66-73H2,1-3H3/b10-7-,11-8-,12-9-,19-16-,20-17-,21-18-,28-25-,29-26-,33-32-,36-35-,47-44-,48-27-,56-53-,57-54-,65-62-. The highest BCUT2D eigenvalue weighted by molar-refractivity contribution is 5.71. The largest absolute Gasteiger partial charge is 0.462 e. The van der Waals surface area contributed by atoms with E-state index in [1.807, 2.05) is 12.2 Å². The Hall–Kier alpha value is -5.49. The molecular formula is C77H120O6. The number of rotatable bonds is 58. The van der Waals surface area contributed by atoms with E-state index in [4.69, 9.17) is 14.2 Å². The Morgan fingerprint density at radius 1 is 0.241 bits per heavy atom. The molecule has 464 valence electrons. The van der Waals surface area contributed by atoms with Gasteiger partial charge in [0.1, 0.15) is 13.2 Å². The zero-order valence-electron chi connectivity index (χ0n) is 53.1. The molecule has 6 nitrogen and oxygen atoms in total. The summed E-state index contributed by atoms with van der Waals surface area (Å²) in [6, 6.07) is 0. The van der Waals surface area contributed by atoms with Crippen molar-refractivity contribution in [3.8, 4) is 0 Å². The maximum Gasteiger partial charge on any atom is 0.306 e. The average Bonchev–Trinajstić information content (AvgIpc) is 3.49. The third kappa shape index (κ3) is 67.2. The lowest BCUT2D eigenvalue weighted by molar-refractivity contribution is -0.166. The fraction of sp³-hybridized carbons (Fsp3) is 0.571. The molecule has 1 atom stereocenters. The zero-order valence-corrected chi connectivity index (χ0v) is 53.1. The van der Waals surface area contributed by atoms with Crippen molar-refractivity contribution in [3.05, 3.63) is 182 Å². The van der Waals surface area contributed by atoms with E-state index in [1.165, 1.54) is 83.5 Å². The van der Waals surface area contributed by atoms with Crippen LogP contribution in [-0.4, -0.2) is 37.2 Å².